The van der Waals surface area contributed by atoms with E-state index in [2.05, 4.69) is 82.7 Å². The second kappa shape index (κ2) is 27.0. The largest absolute Gasteiger partial charge is 0.466 e. The summed E-state index contributed by atoms with van der Waals surface area (Å²) in [5, 5.41) is 0. The molecule has 1 saturated heterocycles. The van der Waals surface area contributed by atoms with Crippen LogP contribution in [-0.2, 0) is 68.3 Å². The Labute approximate surface area is 450 Å². The van der Waals surface area contributed by atoms with Crippen LogP contribution < -0.4 is 0 Å². The number of aromatic nitrogens is 4. The number of fused-ring (bicyclic) bond motifs is 8. The molecule has 0 spiro atoms. The first-order valence-electron chi connectivity index (χ1n) is 26.7. The fourth-order valence-corrected chi connectivity index (χ4v) is 11.9. The fourth-order valence-electron chi connectivity index (χ4n) is 10.7. The third-order valence-corrected chi connectivity index (χ3v) is 15.8. The van der Waals surface area contributed by atoms with Crippen molar-refractivity contribution in [2.24, 2.45) is 5.92 Å². The topological polar surface area (TPSA) is 224 Å². The number of aromatic amines is 2. The maximum atomic E-state index is 14.0. The van der Waals surface area contributed by atoms with Gasteiger partial charge in [-0.1, -0.05) is 27.2 Å². The maximum Gasteiger partial charge on any atom is 0.303 e. The van der Waals surface area contributed by atoms with E-state index in [9.17, 15) is 28.8 Å². The minimum atomic E-state index is -1.24. The van der Waals surface area contributed by atoms with E-state index in [0.29, 0.717) is 51.1 Å². The highest BCUT2D eigenvalue weighted by atomic mass is 32.2. The Morgan fingerprint density at radius 3 is 2.04 bits per heavy atom. The second-order valence-corrected chi connectivity index (χ2v) is 21.5. The molecule has 8 bridgehead atoms. The van der Waals surface area contributed by atoms with Gasteiger partial charge in [0.25, 0.3) is 0 Å². The molecule has 1 fully saturated rings. The van der Waals surface area contributed by atoms with Crippen molar-refractivity contribution >= 4 is 81.1 Å². The number of nitrogens with one attached hydrogen (secondary N) is 2. The molecule has 6 heterocycles. The monoisotopic (exact) mass is 1070 g/mol. The molecule has 3 aliphatic heterocycles. The molecule has 17 nitrogen and oxygen atoms in total. The van der Waals surface area contributed by atoms with E-state index < -0.39 is 53.7 Å². The van der Waals surface area contributed by atoms with Crippen molar-refractivity contribution in [2.45, 2.75) is 189 Å². The molecule has 0 aliphatic carbocycles. The Morgan fingerprint density at radius 1 is 0.724 bits per heavy atom. The number of Topliss-reactive ketones (excluding diaryl/α,β-unsaturated/α-hetero) is 1. The van der Waals surface area contributed by atoms with E-state index in [1.54, 1.807) is 0 Å². The van der Waals surface area contributed by atoms with Crippen LogP contribution in [0.15, 0.2) is 18.2 Å². The Hall–Kier alpha value is -5.85. The number of allylic oxidation sites excluding steroid dienone is 1. The zero-order chi connectivity index (χ0) is 55.5. The van der Waals surface area contributed by atoms with E-state index >= 15 is 0 Å². The summed E-state index contributed by atoms with van der Waals surface area (Å²) in [4.78, 5) is 92.4. The van der Waals surface area contributed by atoms with Crippen LogP contribution in [0.4, 0.5) is 0 Å². The number of aryl methyl sites for hydroxylation is 3. The molecule has 18 heteroatoms. The van der Waals surface area contributed by atoms with Gasteiger partial charge in [-0.25, -0.2) is 4.98 Å². The molecular formula is C58H78N4O13S. The molecule has 414 valence electrons. The van der Waals surface area contributed by atoms with Crippen molar-refractivity contribution in [1.29, 1.82) is 0 Å². The van der Waals surface area contributed by atoms with Crippen LogP contribution in [0.5, 0.6) is 0 Å². The molecule has 9 atom stereocenters. The number of H-pyrrole nitrogens is 2. The second-order valence-electron chi connectivity index (χ2n) is 20.3. The highest BCUT2D eigenvalue weighted by molar-refractivity contribution is 7.99. The van der Waals surface area contributed by atoms with Crippen molar-refractivity contribution in [3.8, 4) is 0 Å². The molecular weight excluding hydrogens is 993 g/mol. The molecule has 3 aliphatic rings. The smallest absolute Gasteiger partial charge is 0.303 e. The normalized spacial score (nSPS) is 21.0. The highest BCUT2D eigenvalue weighted by Crippen LogP contribution is 2.43. The lowest BCUT2D eigenvalue weighted by Gasteiger charge is -2.44. The summed E-state index contributed by atoms with van der Waals surface area (Å²) in [7, 11) is 0. The van der Waals surface area contributed by atoms with Gasteiger partial charge in [0.2, 0.25) is 0 Å². The quantitative estimate of drug-likeness (QED) is 0.0512. The molecule has 2 unspecified atom stereocenters. The number of nitrogens with zero attached hydrogens (tertiary/aromatic N) is 2. The first kappa shape index (κ1) is 59.4. The molecule has 0 amide bonds. The Balaban J connectivity index is 1.33. The van der Waals surface area contributed by atoms with Crippen molar-refractivity contribution in [3.05, 3.63) is 68.8 Å². The molecule has 76 heavy (non-hydrogen) atoms. The zero-order valence-corrected chi connectivity index (χ0v) is 47.4. The molecule has 3 aromatic rings. The van der Waals surface area contributed by atoms with Crippen molar-refractivity contribution < 1.29 is 61.9 Å². The van der Waals surface area contributed by atoms with Crippen LogP contribution in [0.3, 0.4) is 0 Å². The number of esters is 5. The van der Waals surface area contributed by atoms with Crippen LogP contribution in [-0.4, -0.2) is 111 Å². The summed E-state index contributed by atoms with van der Waals surface area (Å²) in [5.74, 6) is -2.41. The fraction of sp³-hybridized carbons (Fsp3) is 0.586. The standard InChI is InChI=1S/C58H78N4O13S/c1-14-18-41(19-16-22-70-36(9)63)51(68)21-20-43-32(5)47-27-48-33(6)53(50(61-48)28-46-31(4)42(15-2)49(60-46)26-44-30(3)25-45(59-44)34(7)54(43)62-47)35(8)69-23-17-24-76-58-57(74-40(13)67)56(73-39(12)66)55(72-38(11)65)52(75-58)29-71-37(10)64/h25-28,32,35,41,43,52,55-58,60-61H,14-24,29H2,1-13H3/t32-,35?,41?,43-,52+,55+,56-,57+,58-/m0/s1. The summed E-state index contributed by atoms with van der Waals surface area (Å²) in [6, 6.07) is 6.42. The summed E-state index contributed by atoms with van der Waals surface area (Å²) >= 11 is 1.31. The van der Waals surface area contributed by atoms with Gasteiger partial charge in [0.05, 0.1) is 24.1 Å². The molecule has 0 aromatic carbocycles. The minimum absolute atomic E-state index is 0.0175. The van der Waals surface area contributed by atoms with Crippen LogP contribution >= 0.6 is 11.8 Å². The van der Waals surface area contributed by atoms with Crippen LogP contribution in [0.2, 0.25) is 0 Å². The minimum Gasteiger partial charge on any atom is -0.466 e. The third kappa shape index (κ3) is 14.8. The van der Waals surface area contributed by atoms with Gasteiger partial charge in [-0.2, -0.15) is 0 Å². The van der Waals surface area contributed by atoms with E-state index in [1.165, 1.54) is 51.9 Å². The predicted octanol–water partition coefficient (Wildman–Crippen LogP) is 10.6. The lowest BCUT2D eigenvalue weighted by molar-refractivity contribution is -0.237. The van der Waals surface area contributed by atoms with Crippen LogP contribution in [0.1, 0.15) is 183 Å². The van der Waals surface area contributed by atoms with E-state index in [1.807, 2.05) is 6.92 Å². The average molecular weight is 1070 g/mol. The molecule has 0 radical (unpaired) electrons. The number of rotatable bonds is 23. The van der Waals surface area contributed by atoms with Crippen molar-refractivity contribution in [3.63, 3.8) is 0 Å². The van der Waals surface area contributed by atoms with Gasteiger partial charge in [0.15, 0.2) is 18.3 Å². The number of carbonyl (C=O) groups is 6. The average Bonchev–Trinajstić information content (AvgIpc) is 4.06. The molecule has 3 aromatic heterocycles. The van der Waals surface area contributed by atoms with E-state index in [-0.39, 0.29) is 42.2 Å². The molecule has 2 N–H and O–H groups in total. The van der Waals surface area contributed by atoms with Crippen molar-refractivity contribution in [1.82, 2.24) is 19.9 Å². The van der Waals surface area contributed by atoms with E-state index in [0.717, 1.165) is 91.9 Å². The highest BCUT2D eigenvalue weighted by Gasteiger charge is 2.52. The van der Waals surface area contributed by atoms with Crippen LogP contribution in [0, 0.1) is 26.7 Å². The summed E-state index contributed by atoms with van der Waals surface area (Å²) in [6.45, 7) is 23.5. The number of hydrogen-bond acceptors (Lipinski definition) is 16. The van der Waals surface area contributed by atoms with Gasteiger partial charge in [-0.15, -0.1) is 11.8 Å². The third-order valence-electron chi connectivity index (χ3n) is 14.6. The van der Waals surface area contributed by atoms with E-state index in [4.69, 9.17) is 43.1 Å². The number of ketones is 1. The Kier molecular flexibility index (Phi) is 21.1. The number of thioether (sulfide) groups is 1. The first-order chi connectivity index (χ1) is 36.1. The van der Waals surface area contributed by atoms with Gasteiger partial charge in [0.1, 0.15) is 23.9 Å². The van der Waals surface area contributed by atoms with Gasteiger partial charge in [0, 0.05) is 104 Å². The summed E-state index contributed by atoms with van der Waals surface area (Å²) in [6.07, 6.45) is 2.48. The van der Waals surface area contributed by atoms with Gasteiger partial charge < -0.3 is 43.1 Å². The maximum absolute atomic E-state index is 14.0. The molecule has 6 rings (SSSR count). The summed E-state index contributed by atoms with van der Waals surface area (Å²) in [5.41, 5.74) is 12.8. The van der Waals surface area contributed by atoms with Gasteiger partial charge >= 0.3 is 29.8 Å². The number of ether oxygens (including phenoxy) is 7. The van der Waals surface area contributed by atoms with Crippen LogP contribution in [0.25, 0.3) is 33.7 Å². The van der Waals surface area contributed by atoms with Gasteiger partial charge in [-0.3, -0.25) is 33.8 Å². The SMILES string of the molecule is CCCC(CCCOC(C)=O)C(=O)CC[C@@H]1c2nc(cc3[nH]c(cc4[nH]c(cc5nc(c2C)C=C5C)c(CC)c4C)c(C(C)OCCCS[C@@H]2O[C@H](COC(C)=O)[C@@H](OC(C)=O)[C@H](OC(C)=O)[C@H]2OC(C)=O)c3C)[C@H]1C. The predicted molar refractivity (Wildman–Crippen MR) is 291 cm³/mol. The Morgan fingerprint density at radius 2 is 1.38 bits per heavy atom. The van der Waals surface area contributed by atoms with Gasteiger partial charge in [-0.05, 0) is 131 Å². The lowest BCUT2D eigenvalue weighted by Crippen LogP contribution is -2.61. The number of carbonyl (C=O) groups excluding carboxylic acids is 6. The Bertz CT molecular complexity index is 2830. The lowest BCUT2D eigenvalue weighted by atomic mass is 9.83. The zero-order valence-electron chi connectivity index (χ0n) is 46.6. The van der Waals surface area contributed by atoms with Crippen molar-refractivity contribution in [2.75, 3.05) is 25.6 Å². The first-order valence-corrected chi connectivity index (χ1v) is 27.8. The molecule has 0 saturated carbocycles. The summed E-state index contributed by atoms with van der Waals surface area (Å²) < 4.78 is 40.3. The number of hydrogen-bond donors (Lipinski definition) is 2.